The van der Waals surface area contributed by atoms with Crippen LogP contribution >= 0.6 is 0 Å². The summed E-state index contributed by atoms with van der Waals surface area (Å²) in [4.78, 5) is 13.3. The minimum atomic E-state index is 0.214. The van der Waals surface area contributed by atoms with Crippen molar-refractivity contribution in [1.82, 2.24) is 24.7 Å². The Kier molecular flexibility index (Phi) is 3.71. The molecule has 140 valence electrons. The summed E-state index contributed by atoms with van der Waals surface area (Å²) in [6.45, 7) is 0.780. The molecule has 4 heterocycles. The van der Waals surface area contributed by atoms with E-state index in [4.69, 9.17) is 20.2 Å². The van der Waals surface area contributed by atoms with E-state index >= 15 is 0 Å². The highest BCUT2D eigenvalue weighted by molar-refractivity contribution is 5.99. The number of nitrogens with zero attached hydrogens (tertiary/aromatic N) is 5. The maximum absolute atomic E-state index is 6.24. The van der Waals surface area contributed by atoms with Gasteiger partial charge in [-0.15, -0.1) is 0 Å². The number of nitrogens with one attached hydrogen (secondary N) is 1. The zero-order valence-electron chi connectivity index (χ0n) is 15.1. The fourth-order valence-corrected chi connectivity index (χ4v) is 3.13. The molecule has 0 unspecified atom stereocenters. The molecule has 0 bridgehead atoms. The van der Waals surface area contributed by atoms with Crippen molar-refractivity contribution in [3.63, 3.8) is 0 Å². The lowest BCUT2D eigenvalue weighted by Gasteiger charge is -2.09. The molecule has 3 N–H and O–H groups in total. The van der Waals surface area contributed by atoms with Crippen LogP contribution in [0, 0.1) is 0 Å². The smallest absolute Gasteiger partial charge is 0.231 e. The molecule has 1 aliphatic rings. The molecular formula is C19H17N7O2. The minimum Gasteiger partial charge on any atom is -0.454 e. The zero-order chi connectivity index (χ0) is 19.1. The zero-order valence-corrected chi connectivity index (χ0v) is 15.1. The van der Waals surface area contributed by atoms with Crippen LogP contribution in [0.25, 0.3) is 22.3 Å². The molecule has 28 heavy (non-hydrogen) atoms. The van der Waals surface area contributed by atoms with Crippen molar-refractivity contribution in [3.05, 3.63) is 48.3 Å². The summed E-state index contributed by atoms with van der Waals surface area (Å²) in [5.74, 6) is 2.36. The van der Waals surface area contributed by atoms with Crippen molar-refractivity contribution >= 4 is 22.8 Å². The van der Waals surface area contributed by atoms with Gasteiger partial charge in [0, 0.05) is 31.5 Å². The molecule has 4 aromatic rings. The Hall–Kier alpha value is -3.88. The second-order valence-electron chi connectivity index (χ2n) is 6.38. The quantitative estimate of drug-likeness (QED) is 0.559. The summed E-state index contributed by atoms with van der Waals surface area (Å²) < 4.78 is 12.5. The Morgan fingerprint density at radius 3 is 2.79 bits per heavy atom. The SMILES string of the molecule is Cn1nc2nc(NCc3ccncc3)nc(-c3ccc4c(c3)OCO4)c2c1N. The van der Waals surface area contributed by atoms with Gasteiger partial charge in [0.25, 0.3) is 0 Å². The van der Waals surface area contributed by atoms with E-state index in [0.717, 1.165) is 11.1 Å². The van der Waals surface area contributed by atoms with E-state index in [1.54, 1.807) is 24.1 Å². The highest BCUT2D eigenvalue weighted by Gasteiger charge is 2.20. The van der Waals surface area contributed by atoms with Gasteiger partial charge < -0.3 is 20.5 Å². The van der Waals surface area contributed by atoms with Gasteiger partial charge >= 0.3 is 0 Å². The van der Waals surface area contributed by atoms with Crippen molar-refractivity contribution in [1.29, 1.82) is 0 Å². The highest BCUT2D eigenvalue weighted by atomic mass is 16.7. The number of hydrogen-bond acceptors (Lipinski definition) is 8. The van der Waals surface area contributed by atoms with Crippen LogP contribution in [-0.4, -0.2) is 31.5 Å². The molecule has 0 amide bonds. The van der Waals surface area contributed by atoms with E-state index in [0.29, 0.717) is 46.5 Å². The third kappa shape index (κ3) is 2.73. The predicted octanol–water partition coefficient (Wildman–Crippen LogP) is 2.35. The van der Waals surface area contributed by atoms with Gasteiger partial charge in [-0.1, -0.05) is 0 Å². The van der Waals surface area contributed by atoms with Gasteiger partial charge in [-0.05, 0) is 35.9 Å². The number of nitrogens with two attached hydrogens (primary N) is 1. The summed E-state index contributed by atoms with van der Waals surface area (Å²) in [5, 5.41) is 8.37. The number of hydrogen-bond donors (Lipinski definition) is 2. The summed E-state index contributed by atoms with van der Waals surface area (Å²) in [5.41, 5.74) is 9.38. The number of rotatable bonds is 4. The van der Waals surface area contributed by atoms with Gasteiger partial charge in [0.1, 0.15) is 5.82 Å². The van der Waals surface area contributed by atoms with Crippen LogP contribution in [0.4, 0.5) is 11.8 Å². The van der Waals surface area contributed by atoms with Gasteiger partial charge in [0.15, 0.2) is 17.1 Å². The van der Waals surface area contributed by atoms with Crippen LogP contribution < -0.4 is 20.5 Å². The van der Waals surface area contributed by atoms with Crippen LogP contribution in [0.3, 0.4) is 0 Å². The number of anilines is 2. The third-order valence-electron chi connectivity index (χ3n) is 4.59. The number of fused-ring (bicyclic) bond motifs is 2. The molecule has 0 spiro atoms. The number of aryl methyl sites for hydroxylation is 1. The Morgan fingerprint density at radius 2 is 1.93 bits per heavy atom. The second kappa shape index (κ2) is 6.38. The fourth-order valence-electron chi connectivity index (χ4n) is 3.13. The van der Waals surface area contributed by atoms with Crippen molar-refractivity contribution in [2.45, 2.75) is 6.54 Å². The topological polar surface area (TPSA) is 113 Å². The van der Waals surface area contributed by atoms with Crippen molar-refractivity contribution in [3.8, 4) is 22.8 Å². The molecule has 1 aliphatic heterocycles. The van der Waals surface area contributed by atoms with Crippen LogP contribution in [0.1, 0.15) is 5.56 Å². The van der Waals surface area contributed by atoms with Gasteiger partial charge in [-0.3, -0.25) is 9.67 Å². The van der Waals surface area contributed by atoms with E-state index in [1.165, 1.54) is 0 Å². The Bertz CT molecular complexity index is 1170. The molecule has 9 heteroatoms. The Morgan fingerprint density at radius 1 is 1.11 bits per heavy atom. The first-order valence-electron chi connectivity index (χ1n) is 8.72. The fraction of sp³-hybridized carbons (Fsp3) is 0.158. The molecule has 5 rings (SSSR count). The highest BCUT2D eigenvalue weighted by Crippen LogP contribution is 2.38. The lowest BCUT2D eigenvalue weighted by molar-refractivity contribution is 0.174. The normalized spacial score (nSPS) is 12.5. The third-order valence-corrected chi connectivity index (χ3v) is 4.59. The maximum Gasteiger partial charge on any atom is 0.231 e. The molecule has 0 atom stereocenters. The Balaban J connectivity index is 1.60. The number of pyridine rings is 1. The van der Waals surface area contributed by atoms with Crippen molar-refractivity contribution in [2.24, 2.45) is 7.05 Å². The van der Waals surface area contributed by atoms with E-state index < -0.39 is 0 Å². The number of ether oxygens (including phenoxy) is 2. The van der Waals surface area contributed by atoms with Crippen LogP contribution in [-0.2, 0) is 13.6 Å². The molecule has 0 saturated carbocycles. The first-order chi connectivity index (χ1) is 13.7. The summed E-state index contributed by atoms with van der Waals surface area (Å²) in [7, 11) is 1.78. The number of aromatic nitrogens is 5. The van der Waals surface area contributed by atoms with E-state index in [2.05, 4.69) is 20.4 Å². The molecule has 0 fully saturated rings. The molecule has 1 aromatic carbocycles. The minimum absolute atomic E-state index is 0.214. The molecule has 0 radical (unpaired) electrons. The van der Waals surface area contributed by atoms with Crippen molar-refractivity contribution < 1.29 is 9.47 Å². The van der Waals surface area contributed by atoms with Crippen LogP contribution in [0.15, 0.2) is 42.7 Å². The number of benzene rings is 1. The van der Waals surface area contributed by atoms with E-state index in [9.17, 15) is 0 Å². The maximum atomic E-state index is 6.24. The van der Waals surface area contributed by atoms with E-state index in [-0.39, 0.29) is 6.79 Å². The molecule has 9 nitrogen and oxygen atoms in total. The lowest BCUT2D eigenvalue weighted by Crippen LogP contribution is -2.05. The van der Waals surface area contributed by atoms with Gasteiger partial charge in [0.2, 0.25) is 12.7 Å². The van der Waals surface area contributed by atoms with Crippen LogP contribution in [0.2, 0.25) is 0 Å². The van der Waals surface area contributed by atoms with Gasteiger partial charge in [-0.25, -0.2) is 4.98 Å². The second-order valence-corrected chi connectivity index (χ2v) is 6.38. The average molecular weight is 375 g/mol. The van der Waals surface area contributed by atoms with Crippen LogP contribution in [0.5, 0.6) is 11.5 Å². The average Bonchev–Trinajstić information content (AvgIpc) is 3.30. The van der Waals surface area contributed by atoms with Gasteiger partial charge in [0.05, 0.1) is 11.1 Å². The summed E-state index contributed by atoms with van der Waals surface area (Å²) in [6.07, 6.45) is 3.50. The molecule has 0 saturated heterocycles. The monoisotopic (exact) mass is 375 g/mol. The lowest BCUT2D eigenvalue weighted by atomic mass is 10.1. The molecular weight excluding hydrogens is 358 g/mol. The Labute approximate surface area is 160 Å². The first-order valence-corrected chi connectivity index (χ1v) is 8.72. The van der Waals surface area contributed by atoms with Crippen molar-refractivity contribution in [2.75, 3.05) is 17.8 Å². The molecule has 3 aromatic heterocycles. The van der Waals surface area contributed by atoms with E-state index in [1.807, 2.05) is 30.3 Å². The first kappa shape index (κ1) is 16.3. The summed E-state index contributed by atoms with van der Waals surface area (Å²) >= 11 is 0. The summed E-state index contributed by atoms with van der Waals surface area (Å²) in [6, 6.07) is 9.55. The van der Waals surface area contributed by atoms with Gasteiger partial charge in [-0.2, -0.15) is 10.1 Å². The number of nitrogen functional groups attached to an aromatic ring is 1. The standard InChI is InChI=1S/C19H17N7O2/c1-26-17(20)15-16(12-2-3-13-14(8-12)28-10-27-13)23-19(24-18(15)25-26)22-9-11-4-6-21-7-5-11/h2-8H,9-10,20H2,1H3,(H,22,24,25). The molecule has 0 aliphatic carbocycles. The predicted molar refractivity (Wildman–Crippen MR) is 104 cm³/mol. The largest absolute Gasteiger partial charge is 0.454 e.